The molecule has 4 nitrogen and oxygen atoms in total. The highest BCUT2D eigenvalue weighted by Crippen LogP contribution is 2.09. The van der Waals surface area contributed by atoms with Crippen molar-refractivity contribution in [1.29, 1.82) is 0 Å². The molecule has 0 bridgehead atoms. The molecule has 0 aliphatic rings. The zero-order chi connectivity index (χ0) is 12.2. The molecular weight excluding hydrogens is 220 g/mol. The van der Waals surface area contributed by atoms with Crippen molar-refractivity contribution in [3.63, 3.8) is 0 Å². The van der Waals surface area contributed by atoms with E-state index in [-0.39, 0.29) is 6.61 Å². The van der Waals surface area contributed by atoms with Gasteiger partial charge in [-0.3, -0.25) is 0 Å². The van der Waals surface area contributed by atoms with Gasteiger partial charge in [-0.15, -0.1) is 0 Å². The van der Waals surface area contributed by atoms with Crippen molar-refractivity contribution in [2.24, 2.45) is 0 Å². The highest BCUT2D eigenvalue weighted by molar-refractivity contribution is 6.76. The molecule has 0 saturated heterocycles. The van der Waals surface area contributed by atoms with Gasteiger partial charge in [-0.05, 0) is 13.0 Å². The standard InChI is InChI=1S/C11H22N2O2Si/c1-10-11(7-14)13(8-12-10)9-15-5-6-16(2,3)4/h8,14H,5-7,9H2,1-4H3. The maximum atomic E-state index is 9.16. The summed E-state index contributed by atoms with van der Waals surface area (Å²) in [6, 6.07) is 1.16. The molecular formula is C11H22N2O2Si. The van der Waals surface area contributed by atoms with Gasteiger partial charge in [0.25, 0.3) is 0 Å². The summed E-state index contributed by atoms with van der Waals surface area (Å²) in [5, 5.41) is 9.16. The van der Waals surface area contributed by atoms with E-state index in [0.29, 0.717) is 6.73 Å². The monoisotopic (exact) mass is 242 g/mol. The number of hydrogen-bond acceptors (Lipinski definition) is 3. The quantitative estimate of drug-likeness (QED) is 0.613. The lowest BCUT2D eigenvalue weighted by Crippen LogP contribution is -2.22. The number of rotatable bonds is 6. The van der Waals surface area contributed by atoms with Crippen LogP contribution in [-0.2, 0) is 18.1 Å². The minimum atomic E-state index is -1.01. The van der Waals surface area contributed by atoms with Crippen molar-refractivity contribution >= 4 is 8.07 Å². The Balaban J connectivity index is 2.37. The summed E-state index contributed by atoms with van der Waals surface area (Å²) in [7, 11) is -1.01. The van der Waals surface area contributed by atoms with Gasteiger partial charge in [-0.2, -0.15) is 0 Å². The second kappa shape index (κ2) is 5.61. The molecule has 1 aromatic rings. The Morgan fingerprint density at radius 2 is 2.12 bits per heavy atom. The van der Waals surface area contributed by atoms with Crippen molar-refractivity contribution in [2.75, 3.05) is 6.61 Å². The summed E-state index contributed by atoms with van der Waals surface area (Å²) in [6.07, 6.45) is 1.72. The van der Waals surface area contributed by atoms with Crippen LogP contribution in [0.1, 0.15) is 11.4 Å². The van der Waals surface area contributed by atoms with Crippen molar-refractivity contribution in [3.8, 4) is 0 Å². The fourth-order valence-electron chi connectivity index (χ4n) is 1.37. The fraction of sp³-hybridized carbons (Fsp3) is 0.727. The number of ether oxygens (including phenoxy) is 1. The molecule has 0 radical (unpaired) electrons. The Labute approximate surface area is 98.3 Å². The zero-order valence-corrected chi connectivity index (χ0v) is 11.7. The van der Waals surface area contributed by atoms with Gasteiger partial charge in [0.1, 0.15) is 6.73 Å². The number of aryl methyl sites for hydroxylation is 1. The van der Waals surface area contributed by atoms with Crippen molar-refractivity contribution < 1.29 is 9.84 Å². The van der Waals surface area contributed by atoms with Crippen molar-refractivity contribution in [2.45, 2.75) is 45.9 Å². The van der Waals surface area contributed by atoms with E-state index < -0.39 is 8.07 Å². The summed E-state index contributed by atoms with van der Waals surface area (Å²) in [5.74, 6) is 0. The van der Waals surface area contributed by atoms with Gasteiger partial charge in [-0.25, -0.2) is 4.98 Å². The average Bonchev–Trinajstić information content (AvgIpc) is 2.52. The van der Waals surface area contributed by atoms with Crippen molar-refractivity contribution in [1.82, 2.24) is 9.55 Å². The average molecular weight is 242 g/mol. The van der Waals surface area contributed by atoms with E-state index >= 15 is 0 Å². The number of aromatic nitrogens is 2. The minimum absolute atomic E-state index is 0.0171. The van der Waals surface area contributed by atoms with Gasteiger partial charge in [-0.1, -0.05) is 19.6 Å². The van der Waals surface area contributed by atoms with Crippen LogP contribution in [0.4, 0.5) is 0 Å². The van der Waals surface area contributed by atoms with Crippen LogP contribution in [0.15, 0.2) is 6.33 Å². The molecule has 0 fully saturated rings. The van der Waals surface area contributed by atoms with Crippen LogP contribution >= 0.6 is 0 Å². The molecule has 5 heteroatoms. The zero-order valence-electron chi connectivity index (χ0n) is 10.7. The molecule has 1 aromatic heterocycles. The number of aliphatic hydroxyl groups excluding tert-OH is 1. The van der Waals surface area contributed by atoms with E-state index in [2.05, 4.69) is 24.6 Å². The predicted octanol–water partition coefficient (Wildman–Crippen LogP) is 2.00. The Morgan fingerprint density at radius 3 is 2.69 bits per heavy atom. The molecule has 0 unspecified atom stereocenters. The van der Waals surface area contributed by atoms with E-state index in [1.54, 1.807) is 6.33 Å². The molecule has 0 aliphatic carbocycles. The van der Waals surface area contributed by atoms with Crippen LogP contribution in [0.2, 0.25) is 25.7 Å². The smallest absolute Gasteiger partial charge is 0.124 e. The third-order valence-electron chi connectivity index (χ3n) is 2.53. The molecule has 0 aromatic carbocycles. The third-order valence-corrected chi connectivity index (χ3v) is 4.24. The maximum absolute atomic E-state index is 9.16. The summed E-state index contributed by atoms with van der Waals surface area (Å²) in [4.78, 5) is 4.15. The van der Waals surface area contributed by atoms with Crippen LogP contribution in [0.25, 0.3) is 0 Å². The van der Waals surface area contributed by atoms with Gasteiger partial charge in [0.15, 0.2) is 0 Å². The van der Waals surface area contributed by atoms with Crippen LogP contribution in [0.5, 0.6) is 0 Å². The van der Waals surface area contributed by atoms with Crippen LogP contribution < -0.4 is 0 Å². The Bertz CT molecular complexity index is 331. The first-order valence-electron chi connectivity index (χ1n) is 5.63. The number of nitrogens with zero attached hydrogens (tertiary/aromatic N) is 2. The SMILES string of the molecule is Cc1ncn(COCC[Si](C)(C)C)c1CO. The molecule has 0 atom stereocenters. The van der Waals surface area contributed by atoms with E-state index in [1.807, 2.05) is 11.5 Å². The highest BCUT2D eigenvalue weighted by atomic mass is 28.3. The summed E-state index contributed by atoms with van der Waals surface area (Å²) in [5.41, 5.74) is 1.71. The molecule has 0 aliphatic heterocycles. The van der Waals surface area contributed by atoms with Gasteiger partial charge in [0.2, 0.25) is 0 Å². The lowest BCUT2D eigenvalue weighted by molar-refractivity contribution is 0.0821. The van der Waals surface area contributed by atoms with Crippen LogP contribution in [0, 0.1) is 6.92 Å². The first-order chi connectivity index (χ1) is 7.44. The first kappa shape index (κ1) is 13.4. The normalized spacial score (nSPS) is 12.1. The van der Waals surface area contributed by atoms with Crippen LogP contribution in [0.3, 0.4) is 0 Å². The molecule has 16 heavy (non-hydrogen) atoms. The molecule has 0 saturated carbocycles. The van der Waals surface area contributed by atoms with Crippen molar-refractivity contribution in [3.05, 3.63) is 17.7 Å². The number of imidazole rings is 1. The van der Waals surface area contributed by atoms with E-state index in [1.165, 1.54) is 0 Å². The fourth-order valence-corrected chi connectivity index (χ4v) is 2.12. The lowest BCUT2D eigenvalue weighted by Gasteiger charge is -2.16. The van der Waals surface area contributed by atoms with Gasteiger partial charge in [0, 0.05) is 14.7 Å². The second-order valence-corrected chi connectivity index (χ2v) is 10.9. The molecule has 1 N–H and O–H groups in total. The lowest BCUT2D eigenvalue weighted by atomic mass is 10.4. The largest absolute Gasteiger partial charge is 0.390 e. The van der Waals surface area contributed by atoms with Crippen LogP contribution in [-0.4, -0.2) is 29.3 Å². The predicted molar refractivity (Wildman–Crippen MR) is 67.0 cm³/mol. The van der Waals surface area contributed by atoms with Gasteiger partial charge < -0.3 is 14.4 Å². The molecule has 1 heterocycles. The number of aliphatic hydroxyl groups is 1. The molecule has 1 rings (SSSR count). The Hall–Kier alpha value is -0.653. The topological polar surface area (TPSA) is 47.3 Å². The van der Waals surface area contributed by atoms with Gasteiger partial charge in [0.05, 0.1) is 24.3 Å². The minimum Gasteiger partial charge on any atom is -0.390 e. The highest BCUT2D eigenvalue weighted by Gasteiger charge is 2.12. The van der Waals surface area contributed by atoms with E-state index in [9.17, 15) is 0 Å². The van der Waals surface area contributed by atoms with E-state index in [0.717, 1.165) is 24.0 Å². The summed E-state index contributed by atoms with van der Waals surface area (Å²) < 4.78 is 7.46. The summed E-state index contributed by atoms with van der Waals surface area (Å²) >= 11 is 0. The van der Waals surface area contributed by atoms with E-state index in [4.69, 9.17) is 9.84 Å². The Kier molecular flexibility index (Phi) is 4.70. The molecule has 0 spiro atoms. The Morgan fingerprint density at radius 1 is 1.44 bits per heavy atom. The third kappa shape index (κ3) is 4.07. The second-order valence-electron chi connectivity index (χ2n) is 5.25. The molecule has 92 valence electrons. The number of hydrogen-bond donors (Lipinski definition) is 1. The van der Waals surface area contributed by atoms with Gasteiger partial charge >= 0.3 is 0 Å². The molecule has 0 amide bonds. The summed E-state index contributed by atoms with van der Waals surface area (Å²) in [6.45, 7) is 10.2. The first-order valence-corrected chi connectivity index (χ1v) is 9.34. The maximum Gasteiger partial charge on any atom is 0.124 e.